The first-order chi connectivity index (χ1) is 9.11. The molecule has 0 aromatic carbocycles. The van der Waals surface area contributed by atoms with E-state index in [0.29, 0.717) is 19.0 Å². The molecule has 0 bridgehead atoms. The monoisotopic (exact) mass is 285 g/mol. The Morgan fingerprint density at radius 3 is 2.20 bits per heavy atom. The van der Waals surface area contributed by atoms with Gasteiger partial charge in [-0.1, -0.05) is 13.8 Å². The third kappa shape index (κ3) is 3.23. The van der Waals surface area contributed by atoms with Gasteiger partial charge in [0.1, 0.15) is 6.04 Å². The van der Waals surface area contributed by atoms with Gasteiger partial charge in [0.05, 0.1) is 5.60 Å². The number of carbonyl (C=O) groups excluding carboxylic acids is 2. The second-order valence-corrected chi connectivity index (χ2v) is 6.39. The first-order valence-electron chi connectivity index (χ1n) is 6.98. The second-order valence-electron chi connectivity index (χ2n) is 6.39. The van der Waals surface area contributed by atoms with E-state index in [4.69, 9.17) is 10.5 Å². The van der Waals surface area contributed by atoms with Crippen molar-refractivity contribution in [2.24, 2.45) is 17.6 Å². The van der Waals surface area contributed by atoms with Gasteiger partial charge in [-0.2, -0.15) is 0 Å². The fourth-order valence-corrected chi connectivity index (χ4v) is 2.55. The van der Waals surface area contributed by atoms with Crippen LogP contribution in [0.2, 0.25) is 0 Å². The lowest BCUT2D eigenvalue weighted by Gasteiger charge is -2.48. The maximum Gasteiger partial charge on any atom is 0.320 e. The highest BCUT2D eigenvalue weighted by molar-refractivity contribution is 5.86. The molecule has 1 fully saturated rings. The topological polar surface area (TPSA) is 75.9 Å². The Balaban J connectivity index is 2.63. The molecule has 1 rings (SSSR count). The smallest absolute Gasteiger partial charge is 0.320 e. The fourth-order valence-electron chi connectivity index (χ4n) is 2.55. The molecule has 0 aliphatic carbocycles. The Kier molecular flexibility index (Phi) is 5.02. The van der Waals surface area contributed by atoms with Gasteiger partial charge in [0.15, 0.2) is 0 Å². The highest BCUT2D eigenvalue weighted by atomic mass is 16.5. The van der Waals surface area contributed by atoms with Crippen LogP contribution in [0.5, 0.6) is 0 Å². The highest BCUT2D eigenvalue weighted by Crippen LogP contribution is 2.30. The number of urea groups is 1. The van der Waals surface area contributed by atoms with Gasteiger partial charge >= 0.3 is 6.03 Å². The molecule has 2 N–H and O–H groups in total. The molecule has 0 radical (unpaired) electrons. The molecule has 3 amide bonds. The molecule has 0 unspecified atom stereocenters. The van der Waals surface area contributed by atoms with E-state index in [9.17, 15) is 9.59 Å². The molecule has 0 aromatic heterocycles. The lowest BCUT2D eigenvalue weighted by molar-refractivity contribution is -0.124. The number of carbonyl (C=O) groups is 2. The quantitative estimate of drug-likeness (QED) is 0.815. The zero-order chi connectivity index (χ0) is 15.7. The molecule has 1 atom stereocenters. The third-order valence-electron chi connectivity index (χ3n) is 4.30. The van der Waals surface area contributed by atoms with Crippen molar-refractivity contribution in [3.8, 4) is 0 Å². The van der Waals surface area contributed by atoms with Crippen molar-refractivity contribution in [2.45, 2.75) is 39.3 Å². The number of amides is 3. The van der Waals surface area contributed by atoms with Gasteiger partial charge in [0, 0.05) is 33.2 Å². The Morgan fingerprint density at radius 2 is 1.85 bits per heavy atom. The van der Waals surface area contributed by atoms with Crippen LogP contribution in [0.1, 0.15) is 27.7 Å². The summed E-state index contributed by atoms with van der Waals surface area (Å²) in [6.07, 6.45) is 0. The van der Waals surface area contributed by atoms with Crippen molar-refractivity contribution in [1.29, 1.82) is 0 Å². The maximum absolute atomic E-state index is 12.3. The van der Waals surface area contributed by atoms with Crippen LogP contribution in [0.3, 0.4) is 0 Å². The molecule has 1 heterocycles. The lowest BCUT2D eigenvalue weighted by atomic mass is 9.84. The van der Waals surface area contributed by atoms with E-state index in [1.165, 1.54) is 4.90 Å². The number of nitrogens with two attached hydrogens (primary N) is 1. The predicted octanol–water partition coefficient (Wildman–Crippen LogP) is 0.905. The highest BCUT2D eigenvalue weighted by Gasteiger charge is 2.43. The van der Waals surface area contributed by atoms with Gasteiger partial charge in [-0.3, -0.25) is 4.79 Å². The number of likely N-dealkylation sites (N-methyl/N-ethyl adjacent to an activating group) is 1. The first-order valence-corrected chi connectivity index (χ1v) is 6.98. The molecule has 0 aromatic rings. The van der Waals surface area contributed by atoms with Gasteiger partial charge in [-0.05, 0) is 19.8 Å². The number of hydrogen-bond donors (Lipinski definition) is 1. The number of likely N-dealkylation sites (tertiary alicyclic amines) is 1. The first kappa shape index (κ1) is 16.8. The van der Waals surface area contributed by atoms with Crippen molar-refractivity contribution in [1.82, 2.24) is 9.80 Å². The summed E-state index contributed by atoms with van der Waals surface area (Å²) >= 11 is 0. The van der Waals surface area contributed by atoms with Gasteiger partial charge in [0.2, 0.25) is 5.91 Å². The van der Waals surface area contributed by atoms with Crippen molar-refractivity contribution >= 4 is 11.9 Å². The summed E-state index contributed by atoms with van der Waals surface area (Å²) < 4.78 is 5.43. The van der Waals surface area contributed by atoms with E-state index in [2.05, 4.69) is 0 Å². The number of ether oxygens (including phenoxy) is 1. The largest absolute Gasteiger partial charge is 0.378 e. The summed E-state index contributed by atoms with van der Waals surface area (Å²) in [6.45, 7) is 9.09. The van der Waals surface area contributed by atoms with Crippen LogP contribution < -0.4 is 5.73 Å². The average Bonchev–Trinajstić information content (AvgIpc) is 2.25. The molecule has 20 heavy (non-hydrogen) atoms. The Hall–Kier alpha value is -1.30. The van der Waals surface area contributed by atoms with Crippen LogP contribution in [0.25, 0.3) is 0 Å². The minimum atomic E-state index is -0.572. The molecule has 1 aliphatic heterocycles. The number of nitrogens with zero attached hydrogens (tertiary/aromatic N) is 2. The number of primary amides is 1. The molecular weight excluding hydrogens is 258 g/mol. The van der Waals surface area contributed by atoms with E-state index in [0.717, 1.165) is 0 Å². The second kappa shape index (κ2) is 5.99. The SMILES string of the molecule is COC(C)(C)C1CN(C(=O)N(C)[C@H](C(N)=O)C(C)C)C1. The van der Waals surface area contributed by atoms with Gasteiger partial charge in [0.25, 0.3) is 0 Å². The molecule has 0 saturated carbocycles. The zero-order valence-corrected chi connectivity index (χ0v) is 13.3. The molecule has 1 aliphatic rings. The molecule has 0 spiro atoms. The van der Waals surface area contributed by atoms with Crippen LogP contribution in [-0.4, -0.2) is 60.6 Å². The summed E-state index contributed by atoms with van der Waals surface area (Å²) in [7, 11) is 3.31. The van der Waals surface area contributed by atoms with Gasteiger partial charge < -0.3 is 20.3 Å². The summed E-state index contributed by atoms with van der Waals surface area (Å²) in [5.41, 5.74) is 5.14. The molecular formula is C14H27N3O3. The number of methoxy groups -OCH3 is 1. The normalized spacial score (nSPS) is 17.9. The van der Waals surface area contributed by atoms with Crippen LogP contribution in [-0.2, 0) is 9.53 Å². The summed E-state index contributed by atoms with van der Waals surface area (Å²) in [5.74, 6) is -0.157. The van der Waals surface area contributed by atoms with E-state index in [1.807, 2.05) is 27.7 Å². The van der Waals surface area contributed by atoms with Crippen LogP contribution in [0.15, 0.2) is 0 Å². The van der Waals surface area contributed by atoms with Crippen molar-refractivity contribution in [3.63, 3.8) is 0 Å². The van der Waals surface area contributed by atoms with Crippen LogP contribution in [0.4, 0.5) is 4.79 Å². The third-order valence-corrected chi connectivity index (χ3v) is 4.30. The minimum absolute atomic E-state index is 0.00561. The molecule has 6 heteroatoms. The fraction of sp³-hybridized carbons (Fsp3) is 0.857. The Morgan fingerprint density at radius 1 is 1.35 bits per heavy atom. The minimum Gasteiger partial charge on any atom is -0.378 e. The Labute approximate surface area is 121 Å². The maximum atomic E-state index is 12.3. The lowest BCUT2D eigenvalue weighted by Crippen LogP contribution is -2.62. The predicted molar refractivity (Wildman–Crippen MR) is 77.1 cm³/mol. The molecule has 116 valence electrons. The number of rotatable bonds is 5. The van der Waals surface area contributed by atoms with E-state index < -0.39 is 11.9 Å². The molecule has 1 saturated heterocycles. The van der Waals surface area contributed by atoms with Crippen molar-refractivity contribution in [2.75, 3.05) is 27.2 Å². The van der Waals surface area contributed by atoms with Crippen LogP contribution in [0, 0.1) is 11.8 Å². The zero-order valence-electron chi connectivity index (χ0n) is 13.3. The standard InChI is InChI=1S/C14H27N3O3/c1-9(2)11(12(15)18)16(5)13(19)17-7-10(8-17)14(3,4)20-6/h9-11H,7-8H2,1-6H3,(H2,15,18)/t11-/m0/s1. The molecule has 6 nitrogen and oxygen atoms in total. The summed E-state index contributed by atoms with van der Waals surface area (Å²) in [6, 6.07) is -0.720. The Bertz CT molecular complexity index is 376. The van der Waals surface area contributed by atoms with Gasteiger partial charge in [-0.15, -0.1) is 0 Å². The van der Waals surface area contributed by atoms with E-state index in [1.54, 1.807) is 19.1 Å². The van der Waals surface area contributed by atoms with E-state index >= 15 is 0 Å². The summed E-state index contributed by atoms with van der Waals surface area (Å²) in [5, 5.41) is 0. The average molecular weight is 285 g/mol. The van der Waals surface area contributed by atoms with E-state index in [-0.39, 0.29) is 17.6 Å². The van der Waals surface area contributed by atoms with Crippen molar-refractivity contribution < 1.29 is 14.3 Å². The summed E-state index contributed by atoms with van der Waals surface area (Å²) in [4.78, 5) is 27.0. The van der Waals surface area contributed by atoms with Crippen LogP contribution >= 0.6 is 0 Å². The van der Waals surface area contributed by atoms with Gasteiger partial charge in [-0.25, -0.2) is 4.79 Å². The number of hydrogen-bond acceptors (Lipinski definition) is 3. The van der Waals surface area contributed by atoms with Crippen molar-refractivity contribution in [3.05, 3.63) is 0 Å².